The molecule has 0 aromatic heterocycles. The predicted molar refractivity (Wildman–Crippen MR) is 221 cm³/mol. The standard InChI is InChI=1S/C40H68OS.H3P.3Pb/c1-19-29(35(2,3)4)22-30(36(5,6)7)20-21-41-34(39(14,15)16)24-32(38(11,12)13)26-42-25-31(37(8,9)10)23-33(27-42)40(17,18)28-42;;;;/h19,22-24,26-27H,20-21,25,28H2,1-18H3;1H3;;;/b29-19+,30-22+,32-26+,34-24-;;;;. The molecule has 2 aliphatic rings. The zero-order chi connectivity index (χ0) is 32.7. The van der Waals surface area contributed by atoms with Gasteiger partial charge in [0, 0.05) is 99.5 Å². The Bertz CT molecular complexity index is 1200. The smallest absolute Gasteiger partial charge is 0.102 e. The summed E-state index contributed by atoms with van der Waals surface area (Å²) in [7, 11) is -1.07. The minimum absolute atomic E-state index is 0. The molecule has 0 saturated carbocycles. The molecule has 2 unspecified atom stereocenters. The molecule has 2 aliphatic heterocycles. The number of hydrogen-bond acceptors (Lipinski definition) is 1. The van der Waals surface area contributed by atoms with Gasteiger partial charge in [-0.1, -0.05) is 147 Å². The molecule has 0 aromatic rings. The Morgan fingerprint density at radius 1 is 0.761 bits per heavy atom. The molecule has 0 saturated heterocycles. The zero-order valence-corrected chi connectivity index (χ0v) is 47.2. The second-order valence-corrected chi connectivity index (χ2v) is 21.8. The van der Waals surface area contributed by atoms with Crippen molar-refractivity contribution in [2.24, 2.45) is 32.5 Å². The average Bonchev–Trinajstić information content (AvgIpc) is 2.93. The molecule has 2 atom stereocenters. The first-order chi connectivity index (χ1) is 18.6. The van der Waals surface area contributed by atoms with Crippen molar-refractivity contribution in [3.63, 3.8) is 0 Å². The van der Waals surface area contributed by atoms with Gasteiger partial charge in [-0.2, -0.15) is 19.9 Å². The second-order valence-electron chi connectivity index (χ2n) is 18.8. The van der Waals surface area contributed by atoms with Crippen LogP contribution in [-0.2, 0) is 4.74 Å². The van der Waals surface area contributed by atoms with Crippen LogP contribution in [0.4, 0.5) is 0 Å². The monoisotopic (exact) mass is 1250 g/mol. The molecule has 1 nitrogen and oxygen atoms in total. The SMILES string of the molecule is C/C=C(\C=C(/CCO/C(=C\C(=C/S12C=C(C=C(C(C)(C)C)C1)C(C)(C)C2)C(C)(C)C)C(C)(C)C)C(C)(C)C)C(C)(C)C.P.[Pb].[Pb].[Pb]. The summed E-state index contributed by atoms with van der Waals surface area (Å²) in [4.78, 5) is 0. The maximum Gasteiger partial charge on any atom is 0.102 e. The molecule has 2 heterocycles. The van der Waals surface area contributed by atoms with Gasteiger partial charge in [-0.3, -0.25) is 0 Å². The minimum atomic E-state index is -1.07. The fraction of sp³-hybridized carbons (Fsp3) is 0.700. The Morgan fingerprint density at radius 3 is 1.65 bits per heavy atom. The van der Waals surface area contributed by atoms with Crippen LogP contribution < -0.4 is 0 Å². The van der Waals surface area contributed by atoms with E-state index in [0.29, 0.717) is 6.61 Å². The molecule has 0 N–H and O–H groups in total. The molecule has 46 heavy (non-hydrogen) atoms. The van der Waals surface area contributed by atoms with Crippen molar-refractivity contribution in [2.45, 2.75) is 131 Å². The Kier molecular flexibility index (Phi) is 21.0. The number of rotatable bonds is 7. The third-order valence-electron chi connectivity index (χ3n) is 8.84. The zero-order valence-electron chi connectivity index (χ0n) is 33.3. The van der Waals surface area contributed by atoms with Crippen molar-refractivity contribution in [3.8, 4) is 0 Å². The van der Waals surface area contributed by atoms with E-state index in [1.54, 1.807) is 11.1 Å². The first-order valence-corrected chi connectivity index (χ1v) is 18.4. The normalized spacial score (nSPS) is 22.6. The van der Waals surface area contributed by atoms with E-state index in [-0.39, 0.29) is 124 Å². The molecule has 2 bridgehead atoms. The van der Waals surface area contributed by atoms with Crippen LogP contribution in [0.25, 0.3) is 0 Å². The number of allylic oxidation sites excluding steroid dienone is 8. The van der Waals surface area contributed by atoms with Crippen LogP contribution in [0.1, 0.15) is 131 Å². The van der Waals surface area contributed by atoms with Crippen molar-refractivity contribution in [1.29, 1.82) is 0 Å². The summed E-state index contributed by atoms with van der Waals surface area (Å²) in [6.07, 6.45) is 10.6. The van der Waals surface area contributed by atoms with Crippen molar-refractivity contribution >= 4 is 102 Å². The molecule has 6 heteroatoms. The van der Waals surface area contributed by atoms with Crippen LogP contribution in [0, 0.1) is 32.5 Å². The topological polar surface area (TPSA) is 9.23 Å². The Morgan fingerprint density at radius 2 is 1.26 bits per heavy atom. The van der Waals surface area contributed by atoms with Gasteiger partial charge in [-0.15, -0.1) is 0 Å². The fourth-order valence-electron chi connectivity index (χ4n) is 5.75. The molecule has 0 amide bonds. The van der Waals surface area contributed by atoms with E-state index < -0.39 is 10.0 Å². The summed E-state index contributed by atoms with van der Waals surface area (Å²) < 4.78 is 6.78. The maximum atomic E-state index is 6.78. The minimum Gasteiger partial charge on any atom is -0.497 e. The molecule has 2 rings (SSSR count). The van der Waals surface area contributed by atoms with E-state index >= 15 is 0 Å². The summed E-state index contributed by atoms with van der Waals surface area (Å²) in [5.74, 6) is 3.52. The van der Waals surface area contributed by atoms with Crippen LogP contribution in [-0.4, -0.2) is 100 Å². The second kappa shape index (κ2) is 18.5. The predicted octanol–water partition coefficient (Wildman–Crippen LogP) is 11.8. The third-order valence-corrected chi connectivity index (χ3v) is 12.4. The van der Waals surface area contributed by atoms with Gasteiger partial charge in [0.1, 0.15) is 5.76 Å². The number of hydrogen-bond donors (Lipinski definition) is 0. The van der Waals surface area contributed by atoms with Crippen LogP contribution in [0.3, 0.4) is 0 Å². The average molecular weight is 1250 g/mol. The fourth-order valence-corrected chi connectivity index (χ4v) is 10.7. The van der Waals surface area contributed by atoms with E-state index in [4.69, 9.17) is 4.74 Å². The van der Waals surface area contributed by atoms with Crippen LogP contribution in [0.2, 0.25) is 0 Å². The van der Waals surface area contributed by atoms with Crippen LogP contribution in [0.5, 0.6) is 0 Å². The summed E-state index contributed by atoms with van der Waals surface area (Å²) in [6.45, 7) is 42.7. The number of fused-ring (bicyclic) bond motifs is 1. The summed E-state index contributed by atoms with van der Waals surface area (Å²) in [6, 6.07) is 0. The Balaban J connectivity index is -0.00000462. The maximum absolute atomic E-state index is 6.78. The molecule has 260 valence electrons. The molecule has 0 spiro atoms. The van der Waals surface area contributed by atoms with Gasteiger partial charge >= 0.3 is 0 Å². The largest absolute Gasteiger partial charge is 0.497 e. The molecular formula is C40H71OPPb3S. The van der Waals surface area contributed by atoms with Gasteiger partial charge in [0.15, 0.2) is 0 Å². The summed E-state index contributed by atoms with van der Waals surface area (Å²) >= 11 is 0. The molecule has 0 fully saturated rings. The van der Waals surface area contributed by atoms with Crippen molar-refractivity contribution in [2.75, 3.05) is 18.1 Å². The van der Waals surface area contributed by atoms with E-state index in [1.165, 1.54) is 28.2 Å². The Hall–Kier alpha value is 1.79. The molecular weight excluding hydrogens is 1180 g/mol. The third kappa shape index (κ3) is 14.8. The van der Waals surface area contributed by atoms with Crippen molar-refractivity contribution in [3.05, 3.63) is 68.7 Å². The van der Waals surface area contributed by atoms with E-state index in [2.05, 4.69) is 160 Å². The van der Waals surface area contributed by atoms with Gasteiger partial charge in [-0.25, -0.2) is 0 Å². The van der Waals surface area contributed by atoms with Crippen LogP contribution in [0.15, 0.2) is 68.7 Å². The summed E-state index contributed by atoms with van der Waals surface area (Å²) in [5.41, 5.74) is 7.99. The van der Waals surface area contributed by atoms with Gasteiger partial charge in [0.25, 0.3) is 0 Å². The summed E-state index contributed by atoms with van der Waals surface area (Å²) in [5, 5.41) is 5.38. The van der Waals surface area contributed by atoms with E-state index in [1.807, 2.05) is 0 Å². The van der Waals surface area contributed by atoms with Crippen LogP contribution >= 0.6 is 19.9 Å². The first-order valence-electron chi connectivity index (χ1n) is 16.3. The van der Waals surface area contributed by atoms with Gasteiger partial charge in [-0.05, 0) is 73.4 Å². The molecule has 0 aromatic carbocycles. The van der Waals surface area contributed by atoms with Gasteiger partial charge < -0.3 is 4.74 Å². The molecule has 12 radical (unpaired) electrons. The van der Waals surface area contributed by atoms with Crippen molar-refractivity contribution < 1.29 is 4.74 Å². The van der Waals surface area contributed by atoms with Gasteiger partial charge in [0.2, 0.25) is 0 Å². The Labute approximate surface area is 353 Å². The van der Waals surface area contributed by atoms with Gasteiger partial charge in [0.05, 0.1) is 6.61 Å². The number of ether oxygens (including phenoxy) is 1. The quantitative estimate of drug-likeness (QED) is 0.107. The van der Waals surface area contributed by atoms with Crippen molar-refractivity contribution in [1.82, 2.24) is 0 Å². The first kappa shape index (κ1) is 52.1. The van der Waals surface area contributed by atoms with E-state index in [9.17, 15) is 0 Å². The van der Waals surface area contributed by atoms with E-state index in [0.717, 1.165) is 12.2 Å². The molecule has 0 aliphatic carbocycles.